The molecule has 2 N–H and O–H groups in total. The third-order valence-electron chi connectivity index (χ3n) is 3.04. The van der Waals surface area contributed by atoms with Gasteiger partial charge in [0.05, 0.1) is 5.69 Å². The van der Waals surface area contributed by atoms with Crippen LogP contribution in [0.25, 0.3) is 10.9 Å². The van der Waals surface area contributed by atoms with Crippen molar-refractivity contribution in [3.05, 3.63) is 63.2 Å². The van der Waals surface area contributed by atoms with Gasteiger partial charge >= 0.3 is 0 Å². The number of aromatic amines is 1. The van der Waals surface area contributed by atoms with Gasteiger partial charge in [-0.25, -0.2) is 0 Å². The highest BCUT2D eigenvalue weighted by Gasteiger charge is 2.03. The number of aromatic nitrogens is 1. The van der Waals surface area contributed by atoms with Gasteiger partial charge in [0.25, 0.3) is 0 Å². The van der Waals surface area contributed by atoms with Crippen LogP contribution in [-0.2, 0) is 6.54 Å². The maximum Gasteiger partial charge on any atom is 0.0600 e. The lowest BCUT2D eigenvalue weighted by Gasteiger charge is -2.05. The van der Waals surface area contributed by atoms with E-state index in [1.165, 1.54) is 10.9 Å². The summed E-state index contributed by atoms with van der Waals surface area (Å²) in [4.78, 5) is 3.27. The van der Waals surface area contributed by atoms with Gasteiger partial charge < -0.3 is 10.3 Å². The third kappa shape index (κ3) is 2.85. The molecule has 0 saturated carbocycles. The zero-order chi connectivity index (χ0) is 13.2. The summed E-state index contributed by atoms with van der Waals surface area (Å²) < 4.78 is 2.19. The molecule has 4 heteroatoms. The summed E-state index contributed by atoms with van der Waals surface area (Å²) in [6.07, 6.45) is 2.01. The van der Waals surface area contributed by atoms with Gasteiger partial charge in [-0.3, -0.25) is 0 Å². The predicted octanol–water partition coefficient (Wildman–Crippen LogP) is 5.31. The molecule has 3 aromatic rings. The van der Waals surface area contributed by atoms with Crippen molar-refractivity contribution in [3.8, 4) is 0 Å². The van der Waals surface area contributed by atoms with E-state index in [2.05, 4.69) is 78.6 Å². The molecular formula is C15H12Br2N2. The number of hydrogen-bond donors (Lipinski definition) is 2. The Hall–Kier alpha value is -1.26. The summed E-state index contributed by atoms with van der Waals surface area (Å²) in [5, 5.41) is 4.66. The largest absolute Gasteiger partial charge is 0.379 e. The number of H-pyrrole nitrogens is 1. The first-order chi connectivity index (χ1) is 9.22. The second-order valence-corrected chi connectivity index (χ2v) is 6.20. The number of halogens is 2. The number of fused-ring (bicyclic) bond motifs is 1. The number of hydrogen-bond acceptors (Lipinski definition) is 1. The first kappa shape index (κ1) is 12.8. The lowest BCUT2D eigenvalue weighted by atomic mass is 10.2. The first-order valence-electron chi connectivity index (χ1n) is 5.97. The number of rotatable bonds is 3. The highest BCUT2D eigenvalue weighted by atomic mass is 79.9. The Bertz CT molecular complexity index is 702. The highest BCUT2D eigenvalue weighted by Crippen LogP contribution is 2.26. The van der Waals surface area contributed by atoms with E-state index < -0.39 is 0 Å². The quantitative estimate of drug-likeness (QED) is 0.634. The van der Waals surface area contributed by atoms with E-state index in [9.17, 15) is 0 Å². The third-order valence-corrected chi connectivity index (χ3v) is 4.06. The fourth-order valence-corrected chi connectivity index (χ4v) is 2.66. The van der Waals surface area contributed by atoms with Crippen molar-refractivity contribution in [2.45, 2.75) is 6.54 Å². The average molecular weight is 380 g/mol. The molecule has 19 heavy (non-hydrogen) atoms. The van der Waals surface area contributed by atoms with Crippen molar-refractivity contribution in [2.75, 3.05) is 5.32 Å². The fourth-order valence-electron chi connectivity index (χ4n) is 2.04. The lowest BCUT2D eigenvalue weighted by molar-refractivity contribution is 1.15. The molecule has 0 bridgehead atoms. The maximum absolute atomic E-state index is 3.51. The Balaban J connectivity index is 1.81. The summed E-state index contributed by atoms with van der Waals surface area (Å²) in [6, 6.07) is 14.6. The molecule has 2 nitrogen and oxygen atoms in total. The Morgan fingerprint density at radius 2 is 1.68 bits per heavy atom. The van der Waals surface area contributed by atoms with E-state index >= 15 is 0 Å². The summed E-state index contributed by atoms with van der Waals surface area (Å²) in [7, 11) is 0. The van der Waals surface area contributed by atoms with Gasteiger partial charge in [0.1, 0.15) is 0 Å². The Morgan fingerprint density at radius 3 is 2.47 bits per heavy atom. The van der Waals surface area contributed by atoms with Gasteiger partial charge in [-0.15, -0.1) is 0 Å². The molecule has 1 aromatic heterocycles. The maximum atomic E-state index is 3.51. The van der Waals surface area contributed by atoms with Crippen molar-refractivity contribution < 1.29 is 0 Å². The van der Waals surface area contributed by atoms with Crippen LogP contribution in [0.1, 0.15) is 5.56 Å². The first-order valence-corrected chi connectivity index (χ1v) is 7.56. The van der Waals surface area contributed by atoms with Crippen LogP contribution in [0.15, 0.2) is 57.6 Å². The normalized spacial score (nSPS) is 10.8. The molecule has 3 rings (SSSR count). The van der Waals surface area contributed by atoms with Gasteiger partial charge in [0, 0.05) is 32.6 Å². The molecule has 0 atom stereocenters. The fraction of sp³-hybridized carbons (Fsp3) is 0.0667. The highest BCUT2D eigenvalue weighted by molar-refractivity contribution is 9.10. The van der Waals surface area contributed by atoms with Gasteiger partial charge in [-0.2, -0.15) is 0 Å². The molecule has 0 unspecified atom stereocenters. The molecule has 0 radical (unpaired) electrons. The molecule has 0 aliphatic carbocycles. The van der Waals surface area contributed by atoms with E-state index in [1.807, 2.05) is 12.3 Å². The number of nitrogens with one attached hydrogen (secondary N) is 2. The van der Waals surface area contributed by atoms with Crippen LogP contribution < -0.4 is 5.32 Å². The van der Waals surface area contributed by atoms with Crippen molar-refractivity contribution in [1.82, 2.24) is 4.98 Å². The minimum absolute atomic E-state index is 0.812. The van der Waals surface area contributed by atoms with Crippen molar-refractivity contribution in [1.29, 1.82) is 0 Å². The summed E-state index contributed by atoms with van der Waals surface area (Å²) in [6.45, 7) is 0.812. The van der Waals surface area contributed by atoms with Crippen LogP contribution >= 0.6 is 31.9 Å². The van der Waals surface area contributed by atoms with Crippen molar-refractivity contribution >= 4 is 48.5 Å². The van der Waals surface area contributed by atoms with E-state index in [1.54, 1.807) is 0 Å². The summed E-state index contributed by atoms with van der Waals surface area (Å²) in [5.41, 5.74) is 3.52. The SMILES string of the molecule is Brc1ccc(CNc2c[nH]c3ccc(Br)cc23)cc1. The van der Waals surface area contributed by atoms with Crippen molar-refractivity contribution in [3.63, 3.8) is 0 Å². The van der Waals surface area contributed by atoms with E-state index in [4.69, 9.17) is 0 Å². The smallest absolute Gasteiger partial charge is 0.0600 e. The average Bonchev–Trinajstić information content (AvgIpc) is 2.80. The minimum Gasteiger partial charge on any atom is -0.379 e. The van der Waals surface area contributed by atoms with Gasteiger partial charge in [0.15, 0.2) is 0 Å². The van der Waals surface area contributed by atoms with Gasteiger partial charge in [0.2, 0.25) is 0 Å². The van der Waals surface area contributed by atoms with Crippen LogP contribution in [0.3, 0.4) is 0 Å². The lowest BCUT2D eigenvalue weighted by Crippen LogP contribution is -1.98. The van der Waals surface area contributed by atoms with Crippen LogP contribution in [0.2, 0.25) is 0 Å². The van der Waals surface area contributed by atoms with E-state index in [-0.39, 0.29) is 0 Å². The molecule has 2 aromatic carbocycles. The molecular weight excluding hydrogens is 368 g/mol. The van der Waals surface area contributed by atoms with Crippen molar-refractivity contribution in [2.24, 2.45) is 0 Å². The second kappa shape index (κ2) is 5.39. The van der Waals surface area contributed by atoms with Crippen LogP contribution in [-0.4, -0.2) is 4.98 Å². The predicted molar refractivity (Wildman–Crippen MR) is 87.5 cm³/mol. The monoisotopic (exact) mass is 378 g/mol. The second-order valence-electron chi connectivity index (χ2n) is 4.37. The molecule has 0 spiro atoms. The van der Waals surface area contributed by atoms with E-state index in [0.717, 1.165) is 26.7 Å². The van der Waals surface area contributed by atoms with Crippen LogP contribution in [0, 0.1) is 0 Å². The van der Waals surface area contributed by atoms with Gasteiger partial charge in [-0.05, 0) is 35.9 Å². The molecule has 0 aliphatic heterocycles. The van der Waals surface area contributed by atoms with E-state index in [0.29, 0.717) is 0 Å². The Kier molecular flexibility index (Phi) is 3.62. The summed E-state index contributed by atoms with van der Waals surface area (Å²) in [5.74, 6) is 0. The van der Waals surface area contributed by atoms with Crippen LogP contribution in [0.4, 0.5) is 5.69 Å². The Labute approximate surface area is 128 Å². The topological polar surface area (TPSA) is 27.8 Å². The number of benzene rings is 2. The molecule has 96 valence electrons. The molecule has 0 fully saturated rings. The molecule has 0 aliphatic rings. The zero-order valence-electron chi connectivity index (χ0n) is 10.1. The molecule has 0 amide bonds. The Morgan fingerprint density at radius 1 is 0.947 bits per heavy atom. The molecule has 0 saturated heterocycles. The van der Waals surface area contributed by atoms with Gasteiger partial charge in [-0.1, -0.05) is 44.0 Å². The minimum atomic E-state index is 0.812. The number of anilines is 1. The summed E-state index contributed by atoms with van der Waals surface area (Å²) >= 11 is 6.95. The molecule has 1 heterocycles. The standard InChI is InChI=1S/C15H12Br2N2/c16-11-3-1-10(2-4-11)8-18-15-9-19-14-6-5-12(17)7-13(14)15/h1-7,9,18-19H,8H2. The zero-order valence-corrected chi connectivity index (χ0v) is 13.3. The van der Waals surface area contributed by atoms with Crippen LogP contribution in [0.5, 0.6) is 0 Å².